The Morgan fingerprint density at radius 2 is 1.85 bits per heavy atom. The molecule has 1 unspecified atom stereocenters. The highest BCUT2D eigenvalue weighted by molar-refractivity contribution is 8.15. The number of amides is 2. The maximum Gasteiger partial charge on any atom is 0.247 e. The number of allylic oxidation sites excluding steroid dienone is 9. The van der Waals surface area contributed by atoms with Crippen LogP contribution in [0.5, 0.6) is 0 Å². The largest absolute Gasteiger partial charge is 0.333 e. The first kappa shape index (κ1) is 43.6. The number of aldehydes is 1. The molecule has 0 aliphatic carbocycles. The lowest BCUT2D eigenvalue weighted by Crippen LogP contribution is -2.32. The van der Waals surface area contributed by atoms with Gasteiger partial charge in [0.1, 0.15) is 17.4 Å². The molecule has 1 aromatic heterocycles. The number of pyridine rings is 1. The van der Waals surface area contributed by atoms with E-state index in [-0.39, 0.29) is 18.3 Å². The van der Waals surface area contributed by atoms with Crippen LogP contribution >= 0.6 is 11.8 Å². The van der Waals surface area contributed by atoms with Crippen LogP contribution in [0.1, 0.15) is 73.4 Å². The lowest BCUT2D eigenvalue weighted by molar-refractivity contribution is -0.126. The summed E-state index contributed by atoms with van der Waals surface area (Å²) in [6.07, 6.45) is 19.0. The Bertz CT molecular complexity index is 1420. The third-order valence-electron chi connectivity index (χ3n) is 5.91. The van der Waals surface area contributed by atoms with Crippen LogP contribution in [0.4, 0.5) is 10.1 Å². The number of thioether (sulfide) groups is 1. The standard InChI is InChI=1S/C25H25FN4O2S.C9H14O.C2H7N.C2H6/c1-3-8-19(10-6-9-18(2)28-17-31)23-24(32)30(16-22-12-4-5-14-27-22)25(33-23)29-21-13-7-11-20(26)15-21;1-3-4-5-6-9(2)7-8-10;1-2-3;1-2/h3-5,7-15,17,23H,6,16H2,1-2H3,(H,28,31);4-6,8H,3,7H2,1-2H3;2-3H2,1H3;1-2H3/b8-3-,18-9+,19-10?,29-25?;5-4-,9-6+;;. The van der Waals surface area contributed by atoms with Gasteiger partial charge in [0.05, 0.1) is 17.9 Å². The summed E-state index contributed by atoms with van der Waals surface area (Å²) in [7, 11) is 0. The topological polar surface area (TPSA) is 118 Å². The molecule has 260 valence electrons. The molecule has 2 aromatic rings. The molecule has 0 radical (unpaired) electrons. The SMILES string of the molecule is C/C=C\C(=CC/C=C(\C)NC=O)C1SC(=Nc2cccc(F)c2)N(Cc2ccccn2)C1=O.CC.CC/C=C\C=C(/C)CC=O.CCN. The molecule has 0 spiro atoms. The van der Waals surface area contributed by atoms with Gasteiger partial charge in [-0.05, 0) is 76.1 Å². The number of halogens is 1. The second-order valence-corrected chi connectivity index (χ2v) is 10.9. The van der Waals surface area contributed by atoms with E-state index in [1.807, 2.05) is 89.3 Å². The summed E-state index contributed by atoms with van der Waals surface area (Å²) in [5.74, 6) is -0.503. The van der Waals surface area contributed by atoms with Crippen molar-refractivity contribution in [1.82, 2.24) is 15.2 Å². The number of nitrogens with zero attached hydrogens (tertiary/aromatic N) is 3. The summed E-state index contributed by atoms with van der Waals surface area (Å²) in [5, 5.41) is 2.60. The number of amidine groups is 1. The van der Waals surface area contributed by atoms with Gasteiger partial charge < -0.3 is 15.8 Å². The second-order valence-electron chi connectivity index (χ2n) is 9.84. The zero-order chi connectivity index (χ0) is 36.2. The Balaban J connectivity index is 0.00000124. The quantitative estimate of drug-likeness (QED) is 0.163. The number of nitrogens with one attached hydrogen (secondary N) is 1. The van der Waals surface area contributed by atoms with Crippen molar-refractivity contribution < 1.29 is 18.8 Å². The Labute approximate surface area is 290 Å². The number of aliphatic imine (C=N–C) groups is 1. The molecule has 2 heterocycles. The van der Waals surface area contributed by atoms with Crippen LogP contribution in [-0.4, -0.2) is 45.4 Å². The zero-order valence-corrected chi connectivity index (χ0v) is 30.2. The van der Waals surface area contributed by atoms with Crippen LogP contribution in [-0.2, 0) is 20.9 Å². The number of benzene rings is 1. The summed E-state index contributed by atoms with van der Waals surface area (Å²) in [5.41, 5.74) is 8.69. The maximum atomic E-state index is 13.7. The van der Waals surface area contributed by atoms with Crippen molar-refractivity contribution in [2.45, 2.75) is 79.5 Å². The van der Waals surface area contributed by atoms with Crippen molar-refractivity contribution in [2.75, 3.05) is 6.54 Å². The van der Waals surface area contributed by atoms with Gasteiger partial charge in [0, 0.05) is 18.3 Å². The number of rotatable bonds is 13. The van der Waals surface area contributed by atoms with E-state index in [0.717, 1.165) is 41.8 Å². The first-order valence-corrected chi connectivity index (χ1v) is 17.0. The molecule has 8 nitrogen and oxygen atoms in total. The molecule has 1 atom stereocenters. The average Bonchev–Trinajstić information content (AvgIpc) is 3.37. The molecule has 1 fully saturated rings. The second kappa shape index (κ2) is 27.7. The fourth-order valence-electron chi connectivity index (χ4n) is 3.75. The molecule has 0 saturated carbocycles. The fourth-order valence-corrected chi connectivity index (χ4v) is 4.94. The highest BCUT2D eigenvalue weighted by atomic mass is 32.2. The summed E-state index contributed by atoms with van der Waals surface area (Å²) in [4.78, 5) is 44.5. The Kier molecular flexibility index (Phi) is 25.1. The minimum atomic E-state index is -0.495. The Morgan fingerprint density at radius 1 is 1.12 bits per heavy atom. The van der Waals surface area contributed by atoms with Crippen molar-refractivity contribution in [1.29, 1.82) is 0 Å². The smallest absolute Gasteiger partial charge is 0.247 e. The van der Waals surface area contributed by atoms with Crippen LogP contribution in [0, 0.1) is 5.82 Å². The van der Waals surface area contributed by atoms with Gasteiger partial charge in [-0.2, -0.15) is 0 Å². The fraction of sp³-hybridized carbons (Fsp3) is 0.342. The number of nitrogens with two attached hydrogens (primary N) is 1. The molecule has 3 N–H and O–H groups in total. The van der Waals surface area contributed by atoms with Gasteiger partial charge in [0.15, 0.2) is 5.17 Å². The van der Waals surface area contributed by atoms with E-state index in [2.05, 4.69) is 28.3 Å². The van der Waals surface area contributed by atoms with Crippen LogP contribution in [0.3, 0.4) is 0 Å². The molecular formula is C38H52FN5O3S. The van der Waals surface area contributed by atoms with E-state index in [1.54, 1.807) is 30.2 Å². The van der Waals surface area contributed by atoms with E-state index >= 15 is 0 Å². The van der Waals surface area contributed by atoms with Gasteiger partial charge in [0.2, 0.25) is 12.3 Å². The normalized spacial score (nSPS) is 15.7. The first-order valence-electron chi connectivity index (χ1n) is 16.1. The lowest BCUT2D eigenvalue weighted by atomic mass is 10.1. The Hall–Kier alpha value is -4.41. The number of hydrogen-bond donors (Lipinski definition) is 2. The number of aromatic nitrogens is 1. The van der Waals surface area contributed by atoms with E-state index < -0.39 is 5.25 Å². The van der Waals surface area contributed by atoms with Crippen molar-refractivity contribution in [3.63, 3.8) is 0 Å². The molecule has 1 aliphatic rings. The van der Waals surface area contributed by atoms with Gasteiger partial charge in [-0.1, -0.05) is 99.7 Å². The molecule has 1 saturated heterocycles. The molecular weight excluding hydrogens is 626 g/mol. The van der Waals surface area contributed by atoms with E-state index in [1.165, 1.54) is 23.9 Å². The highest BCUT2D eigenvalue weighted by Gasteiger charge is 2.39. The summed E-state index contributed by atoms with van der Waals surface area (Å²) in [6.45, 7) is 14.6. The monoisotopic (exact) mass is 677 g/mol. The molecule has 48 heavy (non-hydrogen) atoms. The minimum absolute atomic E-state index is 0.114. The summed E-state index contributed by atoms with van der Waals surface area (Å²) >= 11 is 1.33. The zero-order valence-electron chi connectivity index (χ0n) is 29.4. The predicted molar refractivity (Wildman–Crippen MR) is 200 cm³/mol. The van der Waals surface area contributed by atoms with Crippen LogP contribution < -0.4 is 11.1 Å². The molecule has 10 heteroatoms. The van der Waals surface area contributed by atoms with E-state index in [9.17, 15) is 18.8 Å². The van der Waals surface area contributed by atoms with E-state index in [4.69, 9.17) is 5.73 Å². The van der Waals surface area contributed by atoms with Gasteiger partial charge in [-0.15, -0.1) is 0 Å². The van der Waals surface area contributed by atoms with Crippen molar-refractivity contribution in [2.24, 2.45) is 10.7 Å². The van der Waals surface area contributed by atoms with Crippen LogP contribution in [0.2, 0.25) is 0 Å². The van der Waals surface area contributed by atoms with Gasteiger partial charge in [-0.25, -0.2) is 9.38 Å². The third kappa shape index (κ3) is 18.1. The van der Waals surface area contributed by atoms with Gasteiger partial charge in [0.25, 0.3) is 0 Å². The van der Waals surface area contributed by atoms with Crippen molar-refractivity contribution >= 4 is 41.2 Å². The summed E-state index contributed by atoms with van der Waals surface area (Å²) < 4.78 is 13.7. The Morgan fingerprint density at radius 3 is 2.44 bits per heavy atom. The van der Waals surface area contributed by atoms with Gasteiger partial charge >= 0.3 is 0 Å². The maximum absolute atomic E-state index is 13.7. The van der Waals surface area contributed by atoms with Crippen LogP contribution in [0.25, 0.3) is 0 Å². The molecule has 3 rings (SSSR count). The van der Waals surface area contributed by atoms with Gasteiger partial charge in [-0.3, -0.25) is 19.5 Å². The summed E-state index contributed by atoms with van der Waals surface area (Å²) in [6, 6.07) is 11.5. The number of carbonyl (C=O) groups is 3. The van der Waals surface area contributed by atoms with Crippen molar-refractivity contribution in [3.8, 4) is 0 Å². The predicted octanol–water partition coefficient (Wildman–Crippen LogP) is 8.37. The van der Waals surface area contributed by atoms with Crippen molar-refractivity contribution in [3.05, 3.63) is 120 Å². The number of hydrogen-bond acceptors (Lipinski definition) is 7. The highest BCUT2D eigenvalue weighted by Crippen LogP contribution is 2.35. The first-order chi connectivity index (χ1) is 23.2. The lowest BCUT2D eigenvalue weighted by Gasteiger charge is -2.16. The number of carbonyl (C=O) groups excluding carboxylic acids is 3. The third-order valence-corrected chi connectivity index (χ3v) is 7.14. The molecule has 1 aliphatic heterocycles. The van der Waals surface area contributed by atoms with E-state index in [0.29, 0.717) is 30.1 Å². The average molecular weight is 678 g/mol. The minimum Gasteiger partial charge on any atom is -0.333 e. The van der Waals surface area contributed by atoms with Crippen LogP contribution in [0.15, 0.2) is 113 Å². The molecule has 0 bridgehead atoms. The molecule has 1 aromatic carbocycles. The molecule has 2 amide bonds.